The van der Waals surface area contributed by atoms with Crippen molar-refractivity contribution in [3.63, 3.8) is 0 Å². The third-order valence-electron chi connectivity index (χ3n) is 5.80. The number of aryl methyl sites for hydroxylation is 1. The van der Waals surface area contributed by atoms with Crippen LogP contribution in [0.5, 0.6) is 0 Å². The summed E-state index contributed by atoms with van der Waals surface area (Å²) >= 11 is 1.56. The molecule has 0 aliphatic carbocycles. The van der Waals surface area contributed by atoms with E-state index in [1.165, 1.54) is 0 Å². The number of thiazole rings is 1. The van der Waals surface area contributed by atoms with Crippen LogP contribution in [-0.2, 0) is 11.2 Å². The fourth-order valence-electron chi connectivity index (χ4n) is 4.11. The number of amides is 2. The average molecular weight is 461 g/mol. The maximum absolute atomic E-state index is 12.9. The van der Waals surface area contributed by atoms with Crippen molar-refractivity contribution in [2.45, 2.75) is 13.3 Å². The standard InChI is InChI=1S/C24H24N6O2S/c1-17-15-30-19(16-33-24(30)26-17)14-22(31)29-12-10-28(11-13-29)21-5-3-2-4-20(21)23(32)27-18-6-8-25-9-7-18/h2-9,15-16H,10-14H2,1H3,(H,25,27,32). The molecule has 1 aliphatic heterocycles. The number of para-hydroxylation sites is 1. The van der Waals surface area contributed by atoms with Crippen LogP contribution in [0.15, 0.2) is 60.4 Å². The molecule has 0 spiro atoms. The van der Waals surface area contributed by atoms with Crippen LogP contribution in [0.2, 0.25) is 0 Å². The van der Waals surface area contributed by atoms with Crippen LogP contribution < -0.4 is 10.2 Å². The molecule has 1 fully saturated rings. The van der Waals surface area contributed by atoms with Gasteiger partial charge in [0.2, 0.25) is 5.91 Å². The van der Waals surface area contributed by atoms with Crippen LogP contribution in [-0.4, -0.2) is 57.3 Å². The molecular weight excluding hydrogens is 436 g/mol. The fraction of sp³-hybridized carbons (Fsp3) is 0.250. The number of piperazine rings is 1. The van der Waals surface area contributed by atoms with Gasteiger partial charge in [0.15, 0.2) is 4.96 Å². The zero-order valence-corrected chi connectivity index (χ0v) is 19.1. The van der Waals surface area contributed by atoms with Gasteiger partial charge >= 0.3 is 0 Å². The first-order valence-electron chi connectivity index (χ1n) is 10.8. The molecule has 1 aliphatic rings. The first-order chi connectivity index (χ1) is 16.1. The molecule has 2 amide bonds. The number of pyridine rings is 1. The van der Waals surface area contributed by atoms with E-state index < -0.39 is 0 Å². The van der Waals surface area contributed by atoms with E-state index >= 15 is 0 Å². The minimum absolute atomic E-state index is 0.115. The van der Waals surface area contributed by atoms with Gasteiger partial charge in [-0.2, -0.15) is 0 Å². The van der Waals surface area contributed by atoms with Crippen molar-refractivity contribution in [3.05, 3.63) is 77.3 Å². The molecule has 3 aromatic heterocycles. The maximum Gasteiger partial charge on any atom is 0.257 e. The van der Waals surface area contributed by atoms with Gasteiger partial charge in [-0.05, 0) is 31.2 Å². The van der Waals surface area contributed by atoms with Crippen molar-refractivity contribution in [2.75, 3.05) is 36.4 Å². The Labute approximate surface area is 195 Å². The van der Waals surface area contributed by atoms with Gasteiger partial charge < -0.3 is 15.1 Å². The fourth-order valence-corrected chi connectivity index (χ4v) is 5.03. The van der Waals surface area contributed by atoms with Crippen molar-refractivity contribution < 1.29 is 9.59 Å². The molecule has 9 heteroatoms. The van der Waals surface area contributed by atoms with E-state index in [2.05, 4.69) is 20.2 Å². The third kappa shape index (κ3) is 4.45. The van der Waals surface area contributed by atoms with Gasteiger partial charge in [0.25, 0.3) is 5.91 Å². The van der Waals surface area contributed by atoms with Gasteiger partial charge in [-0.25, -0.2) is 4.98 Å². The predicted octanol–water partition coefficient (Wildman–Crippen LogP) is 3.24. The molecule has 0 saturated carbocycles. The van der Waals surface area contributed by atoms with Crippen LogP contribution in [0.25, 0.3) is 4.96 Å². The van der Waals surface area contributed by atoms with Gasteiger partial charge in [-0.3, -0.25) is 19.0 Å². The minimum atomic E-state index is -0.160. The Morgan fingerprint density at radius 3 is 2.61 bits per heavy atom. The maximum atomic E-state index is 12.9. The largest absolute Gasteiger partial charge is 0.367 e. The van der Waals surface area contributed by atoms with E-state index in [0.717, 1.165) is 22.0 Å². The van der Waals surface area contributed by atoms with Crippen molar-refractivity contribution in [2.24, 2.45) is 0 Å². The number of hydrogen-bond acceptors (Lipinski definition) is 6. The molecule has 33 heavy (non-hydrogen) atoms. The van der Waals surface area contributed by atoms with Gasteiger partial charge in [-0.1, -0.05) is 12.1 Å². The number of fused-ring (bicyclic) bond motifs is 1. The average Bonchev–Trinajstić information content (AvgIpc) is 3.39. The lowest BCUT2D eigenvalue weighted by Gasteiger charge is -2.37. The van der Waals surface area contributed by atoms with Crippen molar-refractivity contribution in [3.8, 4) is 0 Å². The molecule has 1 saturated heterocycles. The Morgan fingerprint density at radius 2 is 1.82 bits per heavy atom. The molecule has 0 radical (unpaired) electrons. The molecule has 1 aromatic carbocycles. The van der Waals surface area contributed by atoms with Gasteiger partial charge in [-0.15, -0.1) is 11.3 Å². The van der Waals surface area contributed by atoms with Gasteiger partial charge in [0.1, 0.15) is 0 Å². The topological polar surface area (TPSA) is 82.8 Å². The van der Waals surface area contributed by atoms with Gasteiger partial charge in [0.05, 0.1) is 17.7 Å². The third-order valence-corrected chi connectivity index (χ3v) is 6.68. The normalized spacial score (nSPS) is 14.0. The Kier molecular flexibility index (Phi) is 5.78. The second kappa shape index (κ2) is 9.03. The number of nitrogens with one attached hydrogen (secondary N) is 1. The minimum Gasteiger partial charge on any atom is -0.367 e. The van der Waals surface area contributed by atoms with Crippen molar-refractivity contribution in [1.82, 2.24) is 19.3 Å². The molecule has 1 N–H and O–H groups in total. The Bertz CT molecular complexity index is 1290. The van der Waals surface area contributed by atoms with Crippen LogP contribution >= 0.6 is 11.3 Å². The summed E-state index contributed by atoms with van der Waals surface area (Å²) < 4.78 is 2.01. The highest BCUT2D eigenvalue weighted by atomic mass is 32.1. The number of hydrogen-bond donors (Lipinski definition) is 1. The Hall–Kier alpha value is -3.72. The first-order valence-corrected chi connectivity index (χ1v) is 11.7. The number of anilines is 2. The summed E-state index contributed by atoms with van der Waals surface area (Å²) in [6.07, 6.45) is 5.63. The SMILES string of the molecule is Cc1cn2c(CC(=O)N3CCN(c4ccccc4C(=O)Nc4ccncc4)CC3)csc2n1. The van der Waals surface area contributed by atoms with Crippen molar-refractivity contribution in [1.29, 1.82) is 0 Å². The highest BCUT2D eigenvalue weighted by molar-refractivity contribution is 7.15. The van der Waals surface area contributed by atoms with E-state index in [1.54, 1.807) is 35.9 Å². The quantitative estimate of drug-likeness (QED) is 0.494. The molecule has 4 aromatic rings. The predicted molar refractivity (Wildman–Crippen MR) is 129 cm³/mol. The second-order valence-electron chi connectivity index (χ2n) is 8.01. The zero-order chi connectivity index (χ0) is 22.8. The molecular formula is C24H24N6O2S. The number of benzene rings is 1. The lowest BCUT2D eigenvalue weighted by atomic mass is 10.1. The van der Waals surface area contributed by atoms with Crippen LogP contribution in [0.4, 0.5) is 11.4 Å². The summed E-state index contributed by atoms with van der Waals surface area (Å²) in [5.41, 5.74) is 4.13. The smallest absolute Gasteiger partial charge is 0.257 e. The first kappa shape index (κ1) is 21.1. The van der Waals surface area contributed by atoms with Crippen LogP contribution in [0.3, 0.4) is 0 Å². The number of rotatable bonds is 5. The Morgan fingerprint density at radius 1 is 1.06 bits per heavy atom. The van der Waals surface area contributed by atoms with E-state index in [0.29, 0.717) is 43.9 Å². The number of carbonyl (C=O) groups excluding carboxylic acids is 2. The summed E-state index contributed by atoms with van der Waals surface area (Å²) in [5, 5.41) is 4.94. The highest BCUT2D eigenvalue weighted by Crippen LogP contribution is 2.24. The summed E-state index contributed by atoms with van der Waals surface area (Å²) in [6, 6.07) is 11.1. The second-order valence-corrected chi connectivity index (χ2v) is 8.85. The summed E-state index contributed by atoms with van der Waals surface area (Å²) in [6.45, 7) is 4.55. The van der Waals surface area contributed by atoms with Crippen molar-refractivity contribution >= 4 is 39.5 Å². The lowest BCUT2D eigenvalue weighted by molar-refractivity contribution is -0.130. The number of aromatic nitrogens is 3. The lowest BCUT2D eigenvalue weighted by Crippen LogP contribution is -2.49. The van der Waals surface area contributed by atoms with Crippen LogP contribution in [0, 0.1) is 6.92 Å². The molecule has 4 heterocycles. The Balaban J connectivity index is 1.24. The zero-order valence-electron chi connectivity index (χ0n) is 18.3. The number of imidazole rings is 1. The summed E-state index contributed by atoms with van der Waals surface area (Å²) in [7, 11) is 0. The van der Waals surface area contributed by atoms with Crippen LogP contribution in [0.1, 0.15) is 21.7 Å². The number of carbonyl (C=O) groups is 2. The summed E-state index contributed by atoms with van der Waals surface area (Å²) in [4.78, 5) is 39.3. The highest BCUT2D eigenvalue weighted by Gasteiger charge is 2.25. The molecule has 8 nitrogen and oxygen atoms in total. The summed E-state index contributed by atoms with van der Waals surface area (Å²) in [5.74, 6) is -0.0446. The van der Waals surface area contributed by atoms with E-state index in [4.69, 9.17) is 0 Å². The molecule has 0 bridgehead atoms. The van der Waals surface area contributed by atoms with Gasteiger partial charge in [0, 0.05) is 67.2 Å². The molecule has 0 atom stereocenters. The monoisotopic (exact) mass is 460 g/mol. The van der Waals surface area contributed by atoms with E-state index in [-0.39, 0.29) is 11.8 Å². The molecule has 168 valence electrons. The number of nitrogens with zero attached hydrogens (tertiary/aromatic N) is 5. The van der Waals surface area contributed by atoms with E-state index in [1.807, 2.05) is 52.1 Å². The molecule has 5 rings (SSSR count). The molecule has 0 unspecified atom stereocenters. The van der Waals surface area contributed by atoms with E-state index in [9.17, 15) is 9.59 Å².